The van der Waals surface area contributed by atoms with Crippen LogP contribution in [0.15, 0.2) is 29.3 Å². The van der Waals surface area contributed by atoms with Crippen molar-refractivity contribution in [1.82, 2.24) is 20.4 Å². The summed E-state index contributed by atoms with van der Waals surface area (Å²) in [6.45, 7) is 12.1. The fourth-order valence-electron chi connectivity index (χ4n) is 4.42. The Labute approximate surface area is 188 Å². The maximum Gasteiger partial charge on any atom is 0.222 e. The molecule has 0 spiro atoms. The highest BCUT2D eigenvalue weighted by atomic mass is 16.2. The van der Waals surface area contributed by atoms with Crippen LogP contribution in [0.25, 0.3) is 0 Å². The molecule has 0 radical (unpaired) electrons. The third-order valence-corrected chi connectivity index (χ3v) is 6.47. The number of carbonyl (C=O) groups excluding carboxylic acids is 1. The number of fused-ring (bicyclic) bond motifs is 1. The zero-order chi connectivity index (χ0) is 21.9. The minimum absolute atomic E-state index is 0.249. The van der Waals surface area contributed by atoms with Gasteiger partial charge in [-0.2, -0.15) is 0 Å². The number of rotatable bonds is 9. The highest BCUT2D eigenvalue weighted by Gasteiger charge is 2.19. The molecule has 0 unspecified atom stereocenters. The van der Waals surface area contributed by atoms with Crippen molar-refractivity contribution in [3.63, 3.8) is 0 Å². The van der Waals surface area contributed by atoms with Gasteiger partial charge in [-0.3, -0.25) is 9.79 Å². The second-order valence-corrected chi connectivity index (χ2v) is 9.00. The zero-order valence-electron chi connectivity index (χ0n) is 19.5. The van der Waals surface area contributed by atoms with Gasteiger partial charge >= 0.3 is 0 Å². The van der Waals surface area contributed by atoms with Crippen LogP contribution in [0.5, 0.6) is 0 Å². The van der Waals surface area contributed by atoms with E-state index in [1.807, 2.05) is 4.90 Å². The summed E-state index contributed by atoms with van der Waals surface area (Å²) in [5.41, 5.74) is 2.67. The number of nitrogens with zero attached hydrogens (tertiary/aromatic N) is 3. The fraction of sp³-hybridized carbons (Fsp3) is 0.680. The Balaban J connectivity index is 1.32. The topological polar surface area (TPSA) is 60.0 Å². The quantitative estimate of drug-likeness (QED) is 0.361. The van der Waals surface area contributed by atoms with Crippen LogP contribution in [0.1, 0.15) is 57.1 Å². The van der Waals surface area contributed by atoms with Crippen molar-refractivity contribution < 1.29 is 4.79 Å². The molecular weight excluding hydrogens is 386 g/mol. The summed E-state index contributed by atoms with van der Waals surface area (Å²) in [5, 5.41) is 6.77. The summed E-state index contributed by atoms with van der Waals surface area (Å²) in [4.78, 5) is 21.8. The molecule has 3 rings (SSSR count). The van der Waals surface area contributed by atoms with E-state index in [9.17, 15) is 4.79 Å². The lowest BCUT2D eigenvalue weighted by molar-refractivity contribution is -0.132. The number of carbonyl (C=O) groups is 1. The van der Waals surface area contributed by atoms with Crippen molar-refractivity contribution in [2.75, 3.05) is 45.8 Å². The van der Waals surface area contributed by atoms with Gasteiger partial charge < -0.3 is 20.4 Å². The molecule has 0 bridgehead atoms. The van der Waals surface area contributed by atoms with Crippen LogP contribution in [0.2, 0.25) is 0 Å². The maximum atomic E-state index is 12.6. The number of amides is 1. The van der Waals surface area contributed by atoms with Crippen molar-refractivity contribution in [2.45, 2.75) is 58.9 Å². The number of piperidine rings is 1. The lowest BCUT2D eigenvalue weighted by Gasteiger charge is -2.30. The molecule has 2 heterocycles. The molecule has 6 heteroatoms. The van der Waals surface area contributed by atoms with Crippen molar-refractivity contribution >= 4 is 11.9 Å². The van der Waals surface area contributed by atoms with E-state index < -0.39 is 0 Å². The predicted octanol–water partition coefficient (Wildman–Crippen LogP) is 3.03. The summed E-state index contributed by atoms with van der Waals surface area (Å²) >= 11 is 0. The highest BCUT2D eigenvalue weighted by molar-refractivity contribution is 5.80. The van der Waals surface area contributed by atoms with Crippen LogP contribution >= 0.6 is 0 Å². The molecule has 1 amide bonds. The Hall–Kier alpha value is -2.08. The molecule has 0 aromatic heterocycles. The molecular formula is C25H41N5O. The van der Waals surface area contributed by atoms with Gasteiger partial charge in [-0.1, -0.05) is 31.2 Å². The van der Waals surface area contributed by atoms with E-state index in [0.717, 1.165) is 63.9 Å². The van der Waals surface area contributed by atoms with Gasteiger partial charge in [-0.05, 0) is 75.7 Å². The SMILES string of the molecule is CCNC(=NCCCC(=O)N1CCc2ccccc2C1)NCCCN1CCC(C)CC1. The fourth-order valence-corrected chi connectivity index (χ4v) is 4.42. The number of aliphatic imine (C=N–C) groups is 1. The van der Waals surface area contributed by atoms with Crippen molar-refractivity contribution in [1.29, 1.82) is 0 Å². The molecule has 31 heavy (non-hydrogen) atoms. The second kappa shape index (κ2) is 12.7. The third kappa shape index (κ3) is 7.84. The minimum atomic E-state index is 0.249. The van der Waals surface area contributed by atoms with E-state index in [1.54, 1.807) is 0 Å². The molecule has 2 N–H and O–H groups in total. The van der Waals surface area contributed by atoms with Crippen LogP contribution in [0.4, 0.5) is 0 Å². The smallest absolute Gasteiger partial charge is 0.222 e. The molecule has 0 atom stereocenters. The van der Waals surface area contributed by atoms with Crippen molar-refractivity contribution in [3.8, 4) is 0 Å². The standard InChI is InChI=1S/C25H41N5O/c1-3-26-25(28-15-7-16-29-17-11-21(2)12-18-29)27-14-6-10-24(31)30-19-13-22-8-4-5-9-23(22)20-30/h4-5,8-9,21H,3,6-7,10-20H2,1-2H3,(H2,26,27,28). The van der Waals surface area contributed by atoms with E-state index in [1.165, 1.54) is 37.1 Å². The zero-order valence-corrected chi connectivity index (χ0v) is 19.5. The number of benzene rings is 1. The first-order valence-corrected chi connectivity index (χ1v) is 12.2. The Morgan fingerprint density at radius 2 is 1.87 bits per heavy atom. The molecule has 1 aromatic carbocycles. The van der Waals surface area contributed by atoms with E-state index in [4.69, 9.17) is 0 Å². The number of guanidine groups is 1. The first kappa shape index (κ1) is 23.6. The predicted molar refractivity (Wildman–Crippen MR) is 128 cm³/mol. The highest BCUT2D eigenvalue weighted by Crippen LogP contribution is 2.19. The van der Waals surface area contributed by atoms with Gasteiger partial charge in [0, 0.05) is 39.1 Å². The second-order valence-electron chi connectivity index (χ2n) is 9.00. The molecule has 172 valence electrons. The Bertz CT molecular complexity index is 712. The van der Waals surface area contributed by atoms with Crippen LogP contribution < -0.4 is 10.6 Å². The summed E-state index contributed by atoms with van der Waals surface area (Å²) in [5.74, 6) is 2.01. The molecule has 1 saturated heterocycles. The van der Waals surface area contributed by atoms with Gasteiger partial charge in [-0.25, -0.2) is 0 Å². The summed E-state index contributed by atoms with van der Waals surface area (Å²) < 4.78 is 0. The molecule has 1 aromatic rings. The Morgan fingerprint density at radius 3 is 2.65 bits per heavy atom. The van der Waals surface area contributed by atoms with Gasteiger partial charge in [0.15, 0.2) is 5.96 Å². The van der Waals surface area contributed by atoms with Crippen LogP contribution in [-0.2, 0) is 17.8 Å². The molecule has 0 saturated carbocycles. The third-order valence-electron chi connectivity index (χ3n) is 6.47. The van der Waals surface area contributed by atoms with E-state index in [0.29, 0.717) is 13.0 Å². The number of hydrogen-bond donors (Lipinski definition) is 2. The summed E-state index contributed by atoms with van der Waals surface area (Å²) in [6.07, 6.45) is 6.12. The molecule has 1 fully saturated rings. The largest absolute Gasteiger partial charge is 0.357 e. The molecule has 0 aliphatic carbocycles. The molecule has 2 aliphatic rings. The number of nitrogens with one attached hydrogen (secondary N) is 2. The van der Waals surface area contributed by atoms with Crippen molar-refractivity contribution in [2.24, 2.45) is 10.9 Å². The number of likely N-dealkylation sites (tertiary alicyclic amines) is 1. The van der Waals surface area contributed by atoms with Crippen molar-refractivity contribution in [3.05, 3.63) is 35.4 Å². The number of hydrogen-bond acceptors (Lipinski definition) is 3. The average molecular weight is 428 g/mol. The monoisotopic (exact) mass is 427 g/mol. The van der Waals surface area contributed by atoms with Crippen LogP contribution in [0.3, 0.4) is 0 Å². The van der Waals surface area contributed by atoms with Gasteiger partial charge in [-0.15, -0.1) is 0 Å². The molecule has 2 aliphatic heterocycles. The van der Waals surface area contributed by atoms with E-state index in [-0.39, 0.29) is 5.91 Å². The van der Waals surface area contributed by atoms with Gasteiger partial charge in [0.2, 0.25) is 5.91 Å². The normalized spacial score (nSPS) is 18.0. The minimum Gasteiger partial charge on any atom is -0.357 e. The van der Waals surface area contributed by atoms with Gasteiger partial charge in [0.25, 0.3) is 0 Å². The first-order valence-electron chi connectivity index (χ1n) is 12.2. The summed E-state index contributed by atoms with van der Waals surface area (Å²) in [7, 11) is 0. The average Bonchev–Trinajstić information content (AvgIpc) is 2.80. The maximum absolute atomic E-state index is 12.6. The first-order chi connectivity index (χ1) is 15.2. The van der Waals surface area contributed by atoms with E-state index in [2.05, 4.69) is 58.6 Å². The Morgan fingerprint density at radius 1 is 1.10 bits per heavy atom. The molecule has 6 nitrogen and oxygen atoms in total. The lowest BCUT2D eigenvalue weighted by atomic mass is 9.99. The Kier molecular flexibility index (Phi) is 9.66. The van der Waals surface area contributed by atoms with Gasteiger partial charge in [0.1, 0.15) is 0 Å². The van der Waals surface area contributed by atoms with Crippen LogP contribution in [-0.4, -0.2) is 67.5 Å². The van der Waals surface area contributed by atoms with E-state index >= 15 is 0 Å². The lowest BCUT2D eigenvalue weighted by Crippen LogP contribution is -2.40. The summed E-state index contributed by atoms with van der Waals surface area (Å²) in [6, 6.07) is 8.45. The van der Waals surface area contributed by atoms with Gasteiger partial charge in [0.05, 0.1) is 0 Å². The van der Waals surface area contributed by atoms with Crippen LogP contribution in [0, 0.1) is 5.92 Å².